The van der Waals surface area contributed by atoms with Crippen molar-refractivity contribution in [1.29, 1.82) is 0 Å². The highest BCUT2D eigenvalue weighted by molar-refractivity contribution is 5.92. The topological polar surface area (TPSA) is 49.3 Å². The minimum absolute atomic E-state index is 0. The Morgan fingerprint density at radius 1 is 1.58 bits per heavy atom. The van der Waals surface area contributed by atoms with E-state index < -0.39 is 5.60 Å². The van der Waals surface area contributed by atoms with Crippen LogP contribution in [0.3, 0.4) is 0 Å². The van der Waals surface area contributed by atoms with Gasteiger partial charge in [0.2, 0.25) is 5.91 Å². The molecule has 0 aromatic heterocycles. The molecule has 2 N–H and O–H groups in total. The second kappa shape index (κ2) is 4.93. The quantitative estimate of drug-likeness (QED) is 0.621. The zero-order chi connectivity index (χ0) is 9.07. The zero-order valence-electron chi connectivity index (χ0n) is 8.27. The third-order valence-electron chi connectivity index (χ3n) is 1.07. The van der Waals surface area contributed by atoms with Crippen molar-refractivity contribution in [2.75, 3.05) is 6.54 Å². The van der Waals surface area contributed by atoms with Crippen LogP contribution >= 0.6 is 0 Å². The number of carbonyl (C=O) groups is 1. The van der Waals surface area contributed by atoms with Gasteiger partial charge in [-0.3, -0.25) is 4.79 Å². The van der Waals surface area contributed by atoms with Crippen molar-refractivity contribution >= 4 is 5.91 Å². The molecule has 0 saturated heterocycles. The molecule has 12 heavy (non-hydrogen) atoms. The first-order valence-electron chi connectivity index (χ1n) is 3.49. The number of carbonyl (C=O) groups excluding carboxylic acids is 1. The summed E-state index contributed by atoms with van der Waals surface area (Å²) in [6.45, 7) is 8.60. The third-order valence-corrected chi connectivity index (χ3v) is 1.07. The summed E-state index contributed by atoms with van der Waals surface area (Å²) >= 11 is 0. The van der Waals surface area contributed by atoms with Crippen molar-refractivity contribution in [2.24, 2.45) is 0 Å². The minimum Gasteiger partial charge on any atom is -0.389 e. The van der Waals surface area contributed by atoms with Crippen LogP contribution in [0.2, 0.25) is 0 Å². The van der Waals surface area contributed by atoms with Gasteiger partial charge in [0.25, 0.3) is 0 Å². The number of hydrogen-bond donors (Lipinski definition) is 2. The van der Waals surface area contributed by atoms with E-state index in [1.54, 1.807) is 20.8 Å². The maximum Gasteiger partial charge on any atom is 0.246 e. The fourth-order valence-corrected chi connectivity index (χ4v) is 0.447. The molecule has 0 spiro atoms. The fourth-order valence-electron chi connectivity index (χ4n) is 0.447. The van der Waals surface area contributed by atoms with E-state index in [1.807, 2.05) is 0 Å². The van der Waals surface area contributed by atoms with Crippen LogP contribution < -0.4 is 5.32 Å². The second-order valence-corrected chi connectivity index (χ2v) is 3.28. The Balaban J connectivity index is 0. The number of nitrogens with one attached hydrogen (secondary N) is 1. The summed E-state index contributed by atoms with van der Waals surface area (Å²) < 4.78 is 0. The highest BCUT2D eigenvalue weighted by atomic mass is 16.3. The van der Waals surface area contributed by atoms with Gasteiger partial charge in [-0.05, 0) is 20.8 Å². The standard InChI is InChI=1S/C8H15NO2.CH3/c1-6(2)7(10)9-5-8(3,4)11;/h11H,1,5H2,2-4H3,(H,9,10);1H3. The number of rotatable bonds is 3. The first kappa shape index (κ1) is 13.7. The van der Waals surface area contributed by atoms with Crippen molar-refractivity contribution in [2.45, 2.75) is 26.4 Å². The Hall–Kier alpha value is -0.830. The molecule has 0 aliphatic heterocycles. The van der Waals surface area contributed by atoms with E-state index in [-0.39, 0.29) is 19.9 Å². The largest absolute Gasteiger partial charge is 0.389 e. The van der Waals surface area contributed by atoms with Crippen LogP contribution in [0.4, 0.5) is 0 Å². The first-order chi connectivity index (χ1) is 4.83. The Morgan fingerprint density at radius 2 is 2.00 bits per heavy atom. The van der Waals surface area contributed by atoms with Gasteiger partial charge in [-0.15, -0.1) is 0 Å². The van der Waals surface area contributed by atoms with Crippen molar-refractivity contribution < 1.29 is 9.90 Å². The monoisotopic (exact) mass is 172 g/mol. The van der Waals surface area contributed by atoms with Gasteiger partial charge in [0, 0.05) is 12.1 Å². The molecule has 0 rings (SSSR count). The van der Waals surface area contributed by atoms with Gasteiger partial charge >= 0.3 is 0 Å². The smallest absolute Gasteiger partial charge is 0.246 e. The van der Waals surface area contributed by atoms with Gasteiger partial charge in [0.15, 0.2) is 0 Å². The molecule has 1 radical (unpaired) electrons. The van der Waals surface area contributed by atoms with Gasteiger partial charge in [-0.25, -0.2) is 0 Å². The van der Waals surface area contributed by atoms with Crippen molar-refractivity contribution in [3.05, 3.63) is 19.6 Å². The van der Waals surface area contributed by atoms with Crippen LogP contribution in [0.25, 0.3) is 0 Å². The Morgan fingerprint density at radius 3 is 2.25 bits per heavy atom. The number of aliphatic hydroxyl groups is 1. The Labute approximate surface area is 74.5 Å². The predicted molar refractivity (Wildman–Crippen MR) is 50.5 cm³/mol. The molecule has 0 heterocycles. The number of hydrogen-bond acceptors (Lipinski definition) is 2. The molecule has 0 bridgehead atoms. The van der Waals surface area contributed by atoms with Crippen LogP contribution in [0.1, 0.15) is 20.8 Å². The van der Waals surface area contributed by atoms with E-state index in [0.29, 0.717) is 5.57 Å². The summed E-state index contributed by atoms with van der Waals surface area (Å²) in [6.07, 6.45) is 0. The molecular formula is C9H18NO2. The van der Waals surface area contributed by atoms with Crippen LogP contribution in [-0.2, 0) is 4.79 Å². The minimum atomic E-state index is -0.856. The summed E-state index contributed by atoms with van der Waals surface area (Å²) in [5, 5.41) is 11.7. The van der Waals surface area contributed by atoms with Gasteiger partial charge in [-0.2, -0.15) is 0 Å². The van der Waals surface area contributed by atoms with Gasteiger partial charge in [0.1, 0.15) is 0 Å². The lowest BCUT2D eigenvalue weighted by atomic mass is 10.1. The van der Waals surface area contributed by atoms with Crippen molar-refractivity contribution in [3.63, 3.8) is 0 Å². The molecule has 0 saturated carbocycles. The molecule has 0 unspecified atom stereocenters. The van der Waals surface area contributed by atoms with Crippen LogP contribution in [0.5, 0.6) is 0 Å². The third kappa shape index (κ3) is 7.28. The molecule has 3 heteroatoms. The molecule has 0 aromatic rings. The lowest BCUT2D eigenvalue weighted by Gasteiger charge is -2.17. The van der Waals surface area contributed by atoms with Gasteiger partial charge < -0.3 is 10.4 Å². The van der Waals surface area contributed by atoms with E-state index >= 15 is 0 Å². The summed E-state index contributed by atoms with van der Waals surface area (Å²) in [6, 6.07) is 0. The van der Waals surface area contributed by atoms with Gasteiger partial charge in [0.05, 0.1) is 5.60 Å². The van der Waals surface area contributed by atoms with E-state index in [2.05, 4.69) is 11.9 Å². The first-order valence-corrected chi connectivity index (χ1v) is 3.49. The van der Waals surface area contributed by atoms with Crippen molar-refractivity contribution in [3.8, 4) is 0 Å². The summed E-state index contributed by atoms with van der Waals surface area (Å²) in [7, 11) is 0. The maximum absolute atomic E-state index is 10.9. The van der Waals surface area contributed by atoms with Crippen molar-refractivity contribution in [1.82, 2.24) is 5.32 Å². The number of amides is 1. The molecule has 0 aliphatic rings. The van der Waals surface area contributed by atoms with Crippen LogP contribution in [0, 0.1) is 7.43 Å². The molecule has 71 valence electrons. The second-order valence-electron chi connectivity index (χ2n) is 3.28. The molecule has 1 amide bonds. The molecule has 0 fully saturated rings. The lowest BCUT2D eigenvalue weighted by Crippen LogP contribution is -2.38. The predicted octanol–water partition coefficient (Wildman–Crippen LogP) is 0.900. The molecule has 0 aliphatic carbocycles. The van der Waals surface area contributed by atoms with E-state index in [4.69, 9.17) is 0 Å². The van der Waals surface area contributed by atoms with E-state index in [9.17, 15) is 9.90 Å². The zero-order valence-corrected chi connectivity index (χ0v) is 8.27. The molecule has 0 atom stereocenters. The SMILES string of the molecule is C=C(C)C(=O)NCC(C)(C)O.[CH3]. The van der Waals surface area contributed by atoms with Crippen LogP contribution in [0.15, 0.2) is 12.2 Å². The average Bonchev–Trinajstić information content (AvgIpc) is 1.80. The highest BCUT2D eigenvalue weighted by Gasteiger charge is 2.13. The Kier molecular flexibility index (Phi) is 5.64. The van der Waals surface area contributed by atoms with Crippen LogP contribution in [-0.4, -0.2) is 23.2 Å². The summed E-state index contributed by atoms with van der Waals surface area (Å²) in [5.41, 5.74) is -0.403. The molecular weight excluding hydrogens is 154 g/mol. The van der Waals surface area contributed by atoms with E-state index in [1.165, 1.54) is 0 Å². The van der Waals surface area contributed by atoms with E-state index in [0.717, 1.165) is 0 Å². The average molecular weight is 172 g/mol. The highest BCUT2D eigenvalue weighted by Crippen LogP contribution is 1.97. The maximum atomic E-state index is 10.9. The summed E-state index contributed by atoms with van der Waals surface area (Å²) in [4.78, 5) is 10.9. The summed E-state index contributed by atoms with van der Waals surface area (Å²) in [5.74, 6) is -0.216. The Bertz CT molecular complexity index is 168. The lowest BCUT2D eigenvalue weighted by molar-refractivity contribution is -0.118. The normalized spacial score (nSPS) is 10.0. The van der Waals surface area contributed by atoms with Gasteiger partial charge in [-0.1, -0.05) is 14.0 Å². The fraction of sp³-hybridized carbons (Fsp3) is 0.556. The molecule has 0 aromatic carbocycles. The molecule has 3 nitrogen and oxygen atoms in total.